The number of nitrogens with zero attached hydrogens (tertiary/aromatic N) is 2. The van der Waals surface area contributed by atoms with Crippen molar-refractivity contribution in [3.05, 3.63) is 102 Å². The number of aryl methyl sites for hydroxylation is 1. The summed E-state index contributed by atoms with van der Waals surface area (Å²) in [4.78, 5) is 17.2. The second-order valence-electron chi connectivity index (χ2n) is 6.93. The van der Waals surface area contributed by atoms with Crippen LogP contribution < -0.4 is 5.32 Å². The van der Waals surface area contributed by atoms with E-state index in [0.29, 0.717) is 11.3 Å². The molecule has 4 nitrogen and oxygen atoms in total. The number of rotatable bonds is 5. The van der Waals surface area contributed by atoms with E-state index in [-0.39, 0.29) is 24.0 Å². The molecule has 1 atom stereocenters. The maximum atomic E-state index is 13.9. The highest BCUT2D eigenvalue weighted by atomic mass is 19.1. The van der Waals surface area contributed by atoms with E-state index in [1.807, 2.05) is 29.7 Å². The van der Waals surface area contributed by atoms with Crippen molar-refractivity contribution >= 4 is 17.2 Å². The summed E-state index contributed by atoms with van der Waals surface area (Å²) in [5, 5.41) is 2.78. The molecule has 29 heavy (non-hydrogen) atoms. The van der Waals surface area contributed by atoms with Crippen molar-refractivity contribution in [3.63, 3.8) is 0 Å². The van der Waals surface area contributed by atoms with E-state index in [1.54, 1.807) is 18.3 Å². The van der Waals surface area contributed by atoms with Gasteiger partial charge in [0.15, 0.2) is 0 Å². The van der Waals surface area contributed by atoms with Crippen molar-refractivity contribution in [1.29, 1.82) is 0 Å². The van der Waals surface area contributed by atoms with Gasteiger partial charge >= 0.3 is 0 Å². The molecule has 0 bridgehead atoms. The van der Waals surface area contributed by atoms with Gasteiger partial charge in [-0.25, -0.2) is 13.8 Å². The number of amides is 1. The second-order valence-corrected chi connectivity index (χ2v) is 6.93. The van der Waals surface area contributed by atoms with Crippen LogP contribution in [0.3, 0.4) is 0 Å². The predicted molar refractivity (Wildman–Crippen MR) is 108 cm³/mol. The first-order valence-corrected chi connectivity index (χ1v) is 9.25. The summed E-state index contributed by atoms with van der Waals surface area (Å²) in [7, 11) is 0. The zero-order chi connectivity index (χ0) is 20.4. The minimum atomic E-state index is -0.400. The number of pyridine rings is 1. The molecular weight excluding hydrogens is 372 g/mol. The van der Waals surface area contributed by atoms with E-state index in [2.05, 4.69) is 10.3 Å². The molecule has 1 unspecified atom stereocenters. The van der Waals surface area contributed by atoms with E-state index < -0.39 is 5.92 Å². The molecule has 4 rings (SSSR count). The summed E-state index contributed by atoms with van der Waals surface area (Å²) < 4.78 is 28.9. The van der Waals surface area contributed by atoms with Crippen molar-refractivity contribution in [1.82, 2.24) is 9.38 Å². The van der Waals surface area contributed by atoms with E-state index in [0.717, 1.165) is 16.9 Å². The number of carbonyl (C=O) groups is 1. The van der Waals surface area contributed by atoms with E-state index in [4.69, 9.17) is 0 Å². The molecule has 0 saturated carbocycles. The van der Waals surface area contributed by atoms with Crippen LogP contribution in [0.5, 0.6) is 0 Å². The van der Waals surface area contributed by atoms with E-state index in [1.165, 1.54) is 36.4 Å². The maximum Gasteiger partial charge on any atom is 0.225 e. The van der Waals surface area contributed by atoms with Crippen molar-refractivity contribution < 1.29 is 13.6 Å². The fourth-order valence-corrected chi connectivity index (χ4v) is 3.48. The Kier molecular flexibility index (Phi) is 5.08. The lowest BCUT2D eigenvalue weighted by Crippen LogP contribution is -2.17. The van der Waals surface area contributed by atoms with Crippen molar-refractivity contribution in [3.8, 4) is 0 Å². The maximum absolute atomic E-state index is 13.9. The number of hydrogen-bond donors (Lipinski definition) is 1. The molecule has 6 heteroatoms. The highest BCUT2D eigenvalue weighted by Crippen LogP contribution is 2.30. The topological polar surface area (TPSA) is 46.4 Å². The Bertz CT molecular complexity index is 1170. The van der Waals surface area contributed by atoms with Crippen molar-refractivity contribution in [2.45, 2.75) is 19.3 Å². The minimum Gasteiger partial charge on any atom is -0.326 e. The smallest absolute Gasteiger partial charge is 0.225 e. The Hall–Kier alpha value is -3.54. The van der Waals surface area contributed by atoms with Gasteiger partial charge in [0.05, 0.1) is 5.69 Å². The number of imidazole rings is 1. The molecule has 0 saturated heterocycles. The fraction of sp³-hybridized carbons (Fsp3) is 0.130. The summed E-state index contributed by atoms with van der Waals surface area (Å²) in [6.45, 7) is 1.96. The lowest BCUT2D eigenvalue weighted by molar-refractivity contribution is -0.116. The van der Waals surface area contributed by atoms with Gasteiger partial charge in [-0.1, -0.05) is 18.2 Å². The van der Waals surface area contributed by atoms with Crippen LogP contribution >= 0.6 is 0 Å². The molecule has 0 aliphatic carbocycles. The summed E-state index contributed by atoms with van der Waals surface area (Å²) in [6, 6.07) is 15.7. The molecule has 0 spiro atoms. The SMILES string of the molecule is Cc1cccn2c(C(CC(=O)Nc3ccc(F)cc3)c3cccc(F)c3)cnc12. The summed E-state index contributed by atoms with van der Waals surface area (Å²) in [6.07, 6.45) is 3.69. The number of carbonyl (C=O) groups excluding carboxylic acids is 1. The number of aromatic nitrogens is 2. The van der Waals surface area contributed by atoms with Gasteiger partial charge in [-0.05, 0) is 60.5 Å². The Morgan fingerprint density at radius 3 is 2.62 bits per heavy atom. The van der Waals surface area contributed by atoms with Gasteiger partial charge in [0, 0.05) is 30.4 Å². The van der Waals surface area contributed by atoms with Gasteiger partial charge in [0.1, 0.15) is 17.3 Å². The van der Waals surface area contributed by atoms with E-state index in [9.17, 15) is 13.6 Å². The molecule has 4 aromatic rings. The third-order valence-corrected chi connectivity index (χ3v) is 4.89. The molecule has 2 heterocycles. The van der Waals surface area contributed by atoms with Crippen LogP contribution in [0, 0.1) is 18.6 Å². The van der Waals surface area contributed by atoms with Crippen LogP contribution in [0.4, 0.5) is 14.5 Å². The number of nitrogens with one attached hydrogen (secondary N) is 1. The van der Waals surface area contributed by atoms with Gasteiger partial charge in [-0.3, -0.25) is 4.79 Å². The molecule has 0 radical (unpaired) electrons. The van der Waals surface area contributed by atoms with Crippen LogP contribution in [0.25, 0.3) is 5.65 Å². The second kappa shape index (κ2) is 7.83. The number of anilines is 1. The molecule has 2 aromatic carbocycles. The summed E-state index contributed by atoms with van der Waals surface area (Å²) >= 11 is 0. The molecular formula is C23H19F2N3O. The van der Waals surface area contributed by atoms with Crippen LogP contribution in [0.2, 0.25) is 0 Å². The van der Waals surface area contributed by atoms with Gasteiger partial charge in [-0.2, -0.15) is 0 Å². The van der Waals surface area contributed by atoms with Crippen LogP contribution in [-0.2, 0) is 4.79 Å². The van der Waals surface area contributed by atoms with E-state index >= 15 is 0 Å². The zero-order valence-corrected chi connectivity index (χ0v) is 15.8. The first-order chi connectivity index (χ1) is 14.0. The average Bonchev–Trinajstić information content (AvgIpc) is 3.13. The number of halogens is 2. The predicted octanol–water partition coefficient (Wildman–Crippen LogP) is 5.08. The quantitative estimate of drug-likeness (QED) is 0.516. The normalized spacial score (nSPS) is 12.1. The summed E-state index contributed by atoms with van der Waals surface area (Å²) in [5.41, 5.74) is 3.78. The van der Waals surface area contributed by atoms with Crippen LogP contribution in [0.15, 0.2) is 73.1 Å². The Morgan fingerprint density at radius 2 is 1.86 bits per heavy atom. The van der Waals surface area contributed by atoms with Crippen molar-refractivity contribution in [2.75, 3.05) is 5.32 Å². The highest BCUT2D eigenvalue weighted by Gasteiger charge is 2.23. The van der Waals surface area contributed by atoms with Crippen LogP contribution in [-0.4, -0.2) is 15.3 Å². The monoisotopic (exact) mass is 391 g/mol. The highest BCUT2D eigenvalue weighted by molar-refractivity contribution is 5.91. The molecule has 146 valence electrons. The van der Waals surface area contributed by atoms with Gasteiger partial charge < -0.3 is 9.72 Å². The molecule has 1 amide bonds. The minimum absolute atomic E-state index is 0.0859. The standard InChI is InChI=1S/C23H19F2N3O/c1-15-4-3-11-28-21(14-26-23(15)28)20(16-5-2-6-18(25)12-16)13-22(29)27-19-9-7-17(24)8-10-19/h2-12,14,20H,13H2,1H3,(H,27,29). The van der Waals surface area contributed by atoms with Crippen molar-refractivity contribution in [2.24, 2.45) is 0 Å². The third kappa shape index (κ3) is 4.01. The van der Waals surface area contributed by atoms with Crippen LogP contribution in [0.1, 0.15) is 29.2 Å². The average molecular weight is 391 g/mol. The third-order valence-electron chi connectivity index (χ3n) is 4.89. The first-order valence-electron chi connectivity index (χ1n) is 9.25. The van der Waals surface area contributed by atoms with Gasteiger partial charge in [-0.15, -0.1) is 0 Å². The number of fused-ring (bicyclic) bond motifs is 1. The Morgan fingerprint density at radius 1 is 1.07 bits per heavy atom. The molecule has 2 aromatic heterocycles. The number of benzene rings is 2. The first kappa shape index (κ1) is 18.8. The molecule has 1 N–H and O–H groups in total. The largest absolute Gasteiger partial charge is 0.326 e. The Labute approximate surface area is 166 Å². The lowest BCUT2D eigenvalue weighted by atomic mass is 9.92. The number of hydrogen-bond acceptors (Lipinski definition) is 2. The zero-order valence-electron chi connectivity index (χ0n) is 15.8. The lowest BCUT2D eigenvalue weighted by Gasteiger charge is -2.18. The van der Waals surface area contributed by atoms with Gasteiger partial charge in [0.2, 0.25) is 5.91 Å². The summed E-state index contributed by atoms with van der Waals surface area (Å²) in [5.74, 6) is -1.39. The Balaban J connectivity index is 1.69. The fourth-order valence-electron chi connectivity index (χ4n) is 3.48. The molecule has 0 fully saturated rings. The molecule has 0 aliphatic rings. The van der Waals surface area contributed by atoms with Gasteiger partial charge in [0.25, 0.3) is 0 Å². The molecule has 0 aliphatic heterocycles.